The average Bonchev–Trinajstić information content (AvgIpc) is 3.28. The van der Waals surface area contributed by atoms with Crippen molar-refractivity contribution >= 4 is 16.8 Å². The van der Waals surface area contributed by atoms with Crippen LogP contribution in [0.3, 0.4) is 0 Å². The maximum absolute atomic E-state index is 13.1. The Labute approximate surface area is 141 Å². The Morgan fingerprint density at radius 2 is 2.12 bits per heavy atom. The molecule has 4 rings (SSSR count). The number of H-pyrrole nitrogens is 1. The van der Waals surface area contributed by atoms with Crippen LogP contribution in [0.1, 0.15) is 16.2 Å². The minimum Gasteiger partial charge on any atom is -0.361 e. The first-order chi connectivity index (χ1) is 12.2. The number of amides is 1. The Morgan fingerprint density at radius 1 is 1.20 bits per heavy atom. The van der Waals surface area contributed by atoms with Crippen LogP contribution in [0.2, 0.25) is 0 Å². The molecule has 0 unspecified atom stereocenters. The van der Waals surface area contributed by atoms with Crippen LogP contribution < -0.4 is 5.32 Å². The van der Waals surface area contributed by atoms with Gasteiger partial charge in [-0.1, -0.05) is 29.4 Å². The predicted molar refractivity (Wildman–Crippen MR) is 89.2 cm³/mol. The normalized spacial score (nSPS) is 10.9. The monoisotopic (exact) mass is 336 g/mol. The molecule has 2 aromatic carbocycles. The summed E-state index contributed by atoms with van der Waals surface area (Å²) >= 11 is 0. The van der Waals surface area contributed by atoms with E-state index in [2.05, 4.69) is 20.4 Å². The number of halogens is 1. The highest BCUT2D eigenvalue weighted by Crippen LogP contribution is 2.21. The number of carbonyl (C=O) groups excluding carboxylic acids is 1. The van der Waals surface area contributed by atoms with Crippen LogP contribution in [0, 0.1) is 5.82 Å². The molecule has 0 atom stereocenters. The van der Waals surface area contributed by atoms with E-state index in [4.69, 9.17) is 4.52 Å². The molecule has 2 heterocycles. The zero-order valence-corrected chi connectivity index (χ0v) is 13.0. The molecule has 1 amide bonds. The first-order valence-electron chi connectivity index (χ1n) is 7.63. The molecule has 0 bridgehead atoms. The van der Waals surface area contributed by atoms with Crippen LogP contribution in [-0.4, -0.2) is 21.0 Å². The largest absolute Gasteiger partial charge is 0.361 e. The van der Waals surface area contributed by atoms with Crippen molar-refractivity contribution in [1.29, 1.82) is 0 Å². The van der Waals surface area contributed by atoms with E-state index in [0.29, 0.717) is 11.4 Å². The van der Waals surface area contributed by atoms with Gasteiger partial charge in [0.15, 0.2) is 0 Å². The Bertz CT molecular complexity index is 1050. The third kappa shape index (κ3) is 3.12. The van der Waals surface area contributed by atoms with Gasteiger partial charge in [0.25, 0.3) is 0 Å². The molecule has 0 aliphatic rings. The summed E-state index contributed by atoms with van der Waals surface area (Å²) in [6.07, 6.45) is 1.84. The van der Waals surface area contributed by atoms with Crippen molar-refractivity contribution in [2.45, 2.75) is 6.54 Å². The highest BCUT2D eigenvalue weighted by Gasteiger charge is 2.16. The zero-order valence-electron chi connectivity index (χ0n) is 13.0. The molecule has 0 fully saturated rings. The molecule has 0 aliphatic carbocycles. The third-order valence-electron chi connectivity index (χ3n) is 3.78. The molecule has 7 heteroatoms. The maximum atomic E-state index is 13.1. The summed E-state index contributed by atoms with van der Waals surface area (Å²) in [5, 5.41) is 7.54. The second kappa shape index (κ2) is 6.20. The first kappa shape index (κ1) is 15.1. The standard InChI is InChI=1S/C18H13FN4O2/c19-14-3-1-2-11(8-14)10-21-17(24)18-22-16(23-25-18)13-5-4-12-6-7-20-15(12)9-13/h1-9,20H,10H2,(H,21,24). The number of nitrogens with zero attached hydrogens (tertiary/aromatic N) is 2. The lowest BCUT2D eigenvalue weighted by atomic mass is 10.1. The lowest BCUT2D eigenvalue weighted by Crippen LogP contribution is -2.23. The Kier molecular flexibility index (Phi) is 3.74. The number of aromatic nitrogens is 3. The van der Waals surface area contributed by atoms with Crippen molar-refractivity contribution in [1.82, 2.24) is 20.4 Å². The molecule has 0 aliphatic heterocycles. The van der Waals surface area contributed by atoms with Gasteiger partial charge in [-0.25, -0.2) is 4.39 Å². The lowest BCUT2D eigenvalue weighted by Gasteiger charge is -2.02. The van der Waals surface area contributed by atoms with Gasteiger partial charge in [-0.2, -0.15) is 4.98 Å². The lowest BCUT2D eigenvalue weighted by molar-refractivity contribution is 0.0907. The number of fused-ring (bicyclic) bond motifs is 1. The Hall–Kier alpha value is -3.48. The number of carbonyl (C=O) groups is 1. The van der Waals surface area contributed by atoms with Gasteiger partial charge in [-0.15, -0.1) is 0 Å². The SMILES string of the molecule is O=C(NCc1cccc(F)c1)c1nc(-c2ccc3cc[nH]c3c2)no1. The molecular formula is C18H13FN4O2. The third-order valence-corrected chi connectivity index (χ3v) is 3.78. The fourth-order valence-corrected chi connectivity index (χ4v) is 2.52. The van der Waals surface area contributed by atoms with Gasteiger partial charge in [0.1, 0.15) is 5.82 Å². The van der Waals surface area contributed by atoms with E-state index in [1.807, 2.05) is 30.5 Å². The van der Waals surface area contributed by atoms with Crippen LogP contribution in [0.15, 0.2) is 59.3 Å². The summed E-state index contributed by atoms with van der Waals surface area (Å²) in [4.78, 5) is 19.3. The highest BCUT2D eigenvalue weighted by atomic mass is 19.1. The van der Waals surface area contributed by atoms with Gasteiger partial charge in [-0.05, 0) is 35.2 Å². The molecule has 6 nitrogen and oxygen atoms in total. The molecule has 2 aromatic heterocycles. The smallest absolute Gasteiger partial charge is 0.316 e. The fourth-order valence-electron chi connectivity index (χ4n) is 2.52. The molecule has 124 valence electrons. The summed E-state index contributed by atoms with van der Waals surface area (Å²) in [6, 6.07) is 13.6. The summed E-state index contributed by atoms with van der Waals surface area (Å²) in [5.74, 6) is -0.680. The van der Waals surface area contributed by atoms with Crippen molar-refractivity contribution in [3.63, 3.8) is 0 Å². The van der Waals surface area contributed by atoms with Gasteiger partial charge in [-0.3, -0.25) is 4.79 Å². The minimum absolute atomic E-state index is 0.141. The van der Waals surface area contributed by atoms with Crippen molar-refractivity contribution in [3.05, 3.63) is 72.0 Å². The number of nitrogens with one attached hydrogen (secondary N) is 2. The molecule has 0 radical (unpaired) electrons. The Morgan fingerprint density at radius 3 is 3.00 bits per heavy atom. The summed E-state index contributed by atoms with van der Waals surface area (Å²) in [5.41, 5.74) is 2.33. The number of rotatable bonds is 4. The van der Waals surface area contributed by atoms with E-state index in [1.54, 1.807) is 12.1 Å². The minimum atomic E-state index is -0.510. The van der Waals surface area contributed by atoms with Crippen LogP contribution >= 0.6 is 0 Å². The van der Waals surface area contributed by atoms with E-state index in [0.717, 1.165) is 16.5 Å². The van der Waals surface area contributed by atoms with E-state index in [1.165, 1.54) is 12.1 Å². The second-order valence-electron chi connectivity index (χ2n) is 5.52. The number of hydrogen-bond acceptors (Lipinski definition) is 4. The Balaban J connectivity index is 1.49. The summed E-state index contributed by atoms with van der Waals surface area (Å²) < 4.78 is 18.2. The van der Waals surface area contributed by atoms with E-state index in [9.17, 15) is 9.18 Å². The zero-order chi connectivity index (χ0) is 17.2. The van der Waals surface area contributed by atoms with E-state index < -0.39 is 5.91 Å². The maximum Gasteiger partial charge on any atom is 0.316 e. The van der Waals surface area contributed by atoms with Gasteiger partial charge in [0.05, 0.1) is 0 Å². The molecule has 2 N–H and O–H groups in total. The second-order valence-corrected chi connectivity index (χ2v) is 5.52. The molecule has 0 saturated heterocycles. The number of hydrogen-bond donors (Lipinski definition) is 2. The van der Waals surface area contributed by atoms with Crippen LogP contribution in [0.5, 0.6) is 0 Å². The molecule has 4 aromatic rings. The molecule has 25 heavy (non-hydrogen) atoms. The van der Waals surface area contributed by atoms with Crippen molar-refractivity contribution in [2.24, 2.45) is 0 Å². The fraction of sp³-hybridized carbons (Fsp3) is 0.0556. The van der Waals surface area contributed by atoms with E-state index >= 15 is 0 Å². The predicted octanol–water partition coefficient (Wildman–Crippen LogP) is 3.29. The summed E-state index contributed by atoms with van der Waals surface area (Å²) in [6.45, 7) is 0.169. The quantitative estimate of drug-likeness (QED) is 0.599. The molecular weight excluding hydrogens is 323 g/mol. The topological polar surface area (TPSA) is 83.8 Å². The van der Waals surface area contributed by atoms with Gasteiger partial charge >= 0.3 is 11.8 Å². The van der Waals surface area contributed by atoms with Gasteiger partial charge in [0, 0.05) is 23.8 Å². The van der Waals surface area contributed by atoms with Gasteiger partial charge in [0.2, 0.25) is 5.82 Å². The first-order valence-corrected chi connectivity index (χ1v) is 7.63. The molecule has 0 spiro atoms. The van der Waals surface area contributed by atoms with Crippen molar-refractivity contribution in [2.75, 3.05) is 0 Å². The summed E-state index contributed by atoms with van der Waals surface area (Å²) in [7, 11) is 0. The van der Waals surface area contributed by atoms with Gasteiger partial charge < -0.3 is 14.8 Å². The number of benzene rings is 2. The van der Waals surface area contributed by atoms with Crippen LogP contribution in [0.25, 0.3) is 22.3 Å². The molecule has 0 saturated carbocycles. The van der Waals surface area contributed by atoms with E-state index in [-0.39, 0.29) is 18.3 Å². The average molecular weight is 336 g/mol. The van der Waals surface area contributed by atoms with Crippen molar-refractivity contribution in [3.8, 4) is 11.4 Å². The van der Waals surface area contributed by atoms with Crippen LogP contribution in [0.4, 0.5) is 4.39 Å². The number of aromatic amines is 1. The van der Waals surface area contributed by atoms with Crippen LogP contribution in [-0.2, 0) is 6.54 Å². The highest BCUT2D eigenvalue weighted by molar-refractivity contribution is 5.90. The van der Waals surface area contributed by atoms with Crippen molar-refractivity contribution < 1.29 is 13.7 Å².